The zero-order valence-corrected chi connectivity index (χ0v) is 9.93. The molecule has 0 aliphatic heterocycles. The Morgan fingerprint density at radius 3 is 2.59 bits per heavy atom. The summed E-state index contributed by atoms with van der Waals surface area (Å²) < 4.78 is 46.9. The van der Waals surface area contributed by atoms with Crippen LogP contribution in [0.5, 0.6) is 0 Å². The molecule has 96 valence electrons. The van der Waals surface area contributed by atoms with E-state index in [1.807, 2.05) is 0 Å². The van der Waals surface area contributed by atoms with E-state index >= 15 is 0 Å². The smallest absolute Gasteiger partial charge is 0.209 e. The van der Waals surface area contributed by atoms with Gasteiger partial charge in [-0.3, -0.25) is 0 Å². The second-order valence-corrected chi connectivity index (χ2v) is 5.37. The van der Waals surface area contributed by atoms with Crippen LogP contribution >= 0.6 is 0 Å². The minimum atomic E-state index is -3.45. The van der Waals surface area contributed by atoms with Crippen molar-refractivity contribution in [1.29, 1.82) is 0 Å². The Bertz CT molecular complexity index is 477. The first-order valence-corrected chi connectivity index (χ1v) is 6.75. The Morgan fingerprint density at radius 2 is 2.00 bits per heavy atom. The molecule has 0 saturated carbocycles. The normalized spacial score (nSPS) is 11.7. The van der Waals surface area contributed by atoms with Crippen molar-refractivity contribution in [2.45, 2.75) is 13.0 Å². The van der Waals surface area contributed by atoms with Crippen LogP contribution in [0.1, 0.15) is 12.0 Å². The van der Waals surface area contributed by atoms with Crippen LogP contribution in [0, 0.1) is 11.6 Å². The second kappa shape index (κ2) is 6.04. The maximum absolute atomic E-state index is 13.2. The molecule has 4 nitrogen and oxygen atoms in total. The first-order valence-electron chi connectivity index (χ1n) is 5.03. The van der Waals surface area contributed by atoms with Gasteiger partial charge in [-0.2, -0.15) is 0 Å². The van der Waals surface area contributed by atoms with E-state index in [4.69, 9.17) is 5.14 Å². The first kappa shape index (κ1) is 14.0. The van der Waals surface area contributed by atoms with Crippen LogP contribution in [0.2, 0.25) is 0 Å². The van der Waals surface area contributed by atoms with Crippen molar-refractivity contribution >= 4 is 10.0 Å². The van der Waals surface area contributed by atoms with Gasteiger partial charge in [0.1, 0.15) is 11.6 Å². The highest BCUT2D eigenvalue weighted by Gasteiger charge is 2.04. The molecule has 3 N–H and O–H groups in total. The van der Waals surface area contributed by atoms with E-state index in [-0.39, 0.29) is 12.3 Å². The third-order valence-electron chi connectivity index (χ3n) is 2.11. The number of nitrogens with two attached hydrogens (primary N) is 1. The van der Waals surface area contributed by atoms with Gasteiger partial charge in [-0.25, -0.2) is 22.3 Å². The highest BCUT2D eigenvalue weighted by Crippen LogP contribution is 2.08. The molecule has 0 bridgehead atoms. The summed E-state index contributed by atoms with van der Waals surface area (Å²) in [6, 6.07) is 3.32. The molecule has 1 rings (SSSR count). The summed E-state index contributed by atoms with van der Waals surface area (Å²) in [7, 11) is -3.45. The van der Waals surface area contributed by atoms with E-state index in [1.54, 1.807) is 0 Å². The number of sulfonamides is 1. The maximum atomic E-state index is 13.2. The van der Waals surface area contributed by atoms with Gasteiger partial charge in [0.15, 0.2) is 0 Å². The summed E-state index contributed by atoms with van der Waals surface area (Å²) in [5, 5.41) is 7.66. The molecule has 0 saturated heterocycles. The fourth-order valence-electron chi connectivity index (χ4n) is 1.29. The van der Waals surface area contributed by atoms with Crippen LogP contribution in [0.15, 0.2) is 18.2 Å². The van der Waals surface area contributed by atoms with Crippen molar-refractivity contribution in [2.75, 3.05) is 12.3 Å². The van der Waals surface area contributed by atoms with E-state index in [1.165, 1.54) is 12.1 Å². The number of nitrogens with one attached hydrogen (secondary N) is 1. The lowest BCUT2D eigenvalue weighted by Crippen LogP contribution is -2.22. The monoisotopic (exact) mass is 264 g/mol. The van der Waals surface area contributed by atoms with E-state index in [9.17, 15) is 17.2 Å². The summed E-state index contributed by atoms with van der Waals surface area (Å²) in [5.74, 6) is -1.37. The summed E-state index contributed by atoms with van der Waals surface area (Å²) in [4.78, 5) is 0. The largest absolute Gasteiger partial charge is 0.313 e. The fourth-order valence-corrected chi connectivity index (χ4v) is 1.83. The van der Waals surface area contributed by atoms with E-state index in [0.717, 1.165) is 6.07 Å². The maximum Gasteiger partial charge on any atom is 0.209 e. The molecule has 7 heteroatoms. The predicted octanol–water partition coefficient (Wildman–Crippen LogP) is 0.733. The van der Waals surface area contributed by atoms with Crippen molar-refractivity contribution in [3.8, 4) is 0 Å². The van der Waals surface area contributed by atoms with Crippen LogP contribution in [0.3, 0.4) is 0 Å². The molecule has 0 heterocycles. The minimum Gasteiger partial charge on any atom is -0.313 e. The molecule has 0 radical (unpaired) electrons. The highest BCUT2D eigenvalue weighted by molar-refractivity contribution is 7.89. The van der Waals surface area contributed by atoms with Crippen LogP contribution in [-0.2, 0) is 16.6 Å². The average Bonchev–Trinajstić information content (AvgIpc) is 2.18. The third kappa shape index (κ3) is 5.71. The Labute approximate surface area is 98.9 Å². The van der Waals surface area contributed by atoms with Gasteiger partial charge in [0.25, 0.3) is 0 Å². The molecule has 1 aromatic carbocycles. The molecule has 0 aliphatic carbocycles. The summed E-state index contributed by atoms with van der Waals surface area (Å²) >= 11 is 0. The van der Waals surface area contributed by atoms with Gasteiger partial charge in [-0.15, -0.1) is 0 Å². The van der Waals surface area contributed by atoms with Gasteiger partial charge >= 0.3 is 0 Å². The standard InChI is InChI=1S/C10H14F2N2O2S/c11-9-3-2-8(10(12)6-9)7-14-4-1-5-17(13,15)16/h2-3,6,14H,1,4-5,7H2,(H2,13,15,16). The number of rotatable bonds is 6. The molecule has 0 aromatic heterocycles. The van der Waals surface area contributed by atoms with Gasteiger partial charge in [0.2, 0.25) is 10.0 Å². The molecular weight excluding hydrogens is 250 g/mol. The lowest BCUT2D eigenvalue weighted by Gasteiger charge is -2.05. The quantitative estimate of drug-likeness (QED) is 0.744. The summed E-state index contributed by atoms with van der Waals surface area (Å²) in [6.07, 6.45) is 0.349. The minimum absolute atomic E-state index is 0.119. The average molecular weight is 264 g/mol. The summed E-state index contributed by atoms with van der Waals surface area (Å²) in [6.45, 7) is 0.615. The van der Waals surface area contributed by atoms with E-state index in [2.05, 4.69) is 5.32 Å². The molecule has 0 unspecified atom stereocenters. The number of primary sulfonamides is 1. The van der Waals surface area contributed by atoms with Gasteiger partial charge in [-0.1, -0.05) is 6.07 Å². The molecular formula is C10H14F2N2O2S. The van der Waals surface area contributed by atoms with E-state index in [0.29, 0.717) is 18.5 Å². The van der Waals surface area contributed by atoms with Gasteiger partial charge in [-0.05, 0) is 19.0 Å². The third-order valence-corrected chi connectivity index (χ3v) is 2.97. The fraction of sp³-hybridized carbons (Fsp3) is 0.400. The number of halogens is 2. The molecule has 0 aliphatic rings. The number of hydrogen-bond acceptors (Lipinski definition) is 3. The Kier molecular flexibility index (Phi) is 4.98. The Balaban J connectivity index is 2.32. The van der Waals surface area contributed by atoms with Crippen molar-refractivity contribution in [1.82, 2.24) is 5.32 Å². The van der Waals surface area contributed by atoms with E-state index < -0.39 is 21.7 Å². The van der Waals surface area contributed by atoms with Crippen LogP contribution < -0.4 is 10.5 Å². The molecule has 17 heavy (non-hydrogen) atoms. The van der Waals surface area contributed by atoms with Crippen molar-refractivity contribution in [3.63, 3.8) is 0 Å². The topological polar surface area (TPSA) is 72.2 Å². The molecule has 0 atom stereocenters. The van der Waals surface area contributed by atoms with Crippen LogP contribution in [-0.4, -0.2) is 20.7 Å². The van der Waals surface area contributed by atoms with Gasteiger partial charge < -0.3 is 5.32 Å². The SMILES string of the molecule is NS(=O)(=O)CCCNCc1ccc(F)cc1F. The van der Waals surface area contributed by atoms with Gasteiger partial charge in [0, 0.05) is 18.2 Å². The molecule has 0 amide bonds. The van der Waals surface area contributed by atoms with Crippen molar-refractivity contribution in [3.05, 3.63) is 35.4 Å². The Morgan fingerprint density at radius 1 is 1.29 bits per heavy atom. The molecule has 0 fully saturated rings. The second-order valence-electron chi connectivity index (χ2n) is 3.63. The first-order chi connectivity index (χ1) is 7.88. The zero-order chi connectivity index (χ0) is 12.9. The van der Waals surface area contributed by atoms with Crippen LogP contribution in [0.25, 0.3) is 0 Å². The Hall–Kier alpha value is -1.05. The number of benzene rings is 1. The zero-order valence-electron chi connectivity index (χ0n) is 9.12. The highest BCUT2D eigenvalue weighted by atomic mass is 32.2. The number of hydrogen-bond donors (Lipinski definition) is 2. The van der Waals surface area contributed by atoms with Crippen molar-refractivity contribution in [2.24, 2.45) is 5.14 Å². The lowest BCUT2D eigenvalue weighted by atomic mass is 10.2. The predicted molar refractivity (Wildman–Crippen MR) is 60.7 cm³/mol. The van der Waals surface area contributed by atoms with Crippen LogP contribution in [0.4, 0.5) is 8.78 Å². The molecule has 1 aromatic rings. The van der Waals surface area contributed by atoms with Gasteiger partial charge in [0.05, 0.1) is 5.75 Å². The summed E-state index contributed by atoms with van der Waals surface area (Å²) in [5.41, 5.74) is 0.335. The molecule has 0 spiro atoms. The van der Waals surface area contributed by atoms with Crippen molar-refractivity contribution < 1.29 is 17.2 Å². The lowest BCUT2D eigenvalue weighted by molar-refractivity contribution is 0.557.